The molecule has 0 radical (unpaired) electrons. The zero-order valence-corrected chi connectivity index (χ0v) is 18.7. The number of rotatable bonds is 7. The minimum absolute atomic E-state index is 0.136. The molecule has 0 aromatic heterocycles. The molecule has 0 saturated carbocycles. The predicted octanol–water partition coefficient (Wildman–Crippen LogP) is 2.00. The number of carbonyl (C=O) groups is 1. The quantitative estimate of drug-likeness (QED) is 0.727. The van der Waals surface area contributed by atoms with Gasteiger partial charge in [-0.05, 0) is 30.2 Å². The number of carbonyl (C=O) groups excluding carboxylic acids is 1. The van der Waals surface area contributed by atoms with Crippen molar-refractivity contribution in [3.05, 3.63) is 59.7 Å². The van der Waals surface area contributed by atoms with Gasteiger partial charge in [-0.1, -0.05) is 36.4 Å². The molecule has 30 heavy (non-hydrogen) atoms. The molecule has 162 valence electrons. The van der Waals surface area contributed by atoms with Crippen molar-refractivity contribution < 1.29 is 13.2 Å². The van der Waals surface area contributed by atoms with E-state index in [9.17, 15) is 13.2 Å². The van der Waals surface area contributed by atoms with Gasteiger partial charge >= 0.3 is 0 Å². The maximum absolute atomic E-state index is 12.5. The second-order valence-electron chi connectivity index (χ2n) is 7.85. The molecule has 2 aromatic carbocycles. The van der Waals surface area contributed by atoms with Crippen molar-refractivity contribution in [2.75, 3.05) is 52.1 Å². The first-order chi connectivity index (χ1) is 14.3. The number of hydrogen-bond acceptors (Lipinski definition) is 5. The summed E-state index contributed by atoms with van der Waals surface area (Å²) < 4.78 is 26.1. The van der Waals surface area contributed by atoms with Gasteiger partial charge in [0, 0.05) is 52.5 Å². The standard InChI is InChI=1S/C22H30N4O3S/c1-18-9-10-20(15-21(18)30(28,29)24(2)3)23-22(27)17-26-13-11-25(12-14-26)16-19-7-5-4-6-8-19/h4-10,15H,11-14,16-17H2,1-3H3,(H,23,27). The number of nitrogens with one attached hydrogen (secondary N) is 1. The van der Waals surface area contributed by atoms with Gasteiger partial charge in [0.15, 0.2) is 0 Å². The molecule has 1 N–H and O–H groups in total. The van der Waals surface area contributed by atoms with Crippen molar-refractivity contribution in [1.29, 1.82) is 0 Å². The minimum atomic E-state index is -3.56. The average Bonchev–Trinajstić information content (AvgIpc) is 2.71. The topological polar surface area (TPSA) is 73.0 Å². The third-order valence-electron chi connectivity index (χ3n) is 5.31. The van der Waals surface area contributed by atoms with Gasteiger partial charge in [-0.2, -0.15) is 0 Å². The fourth-order valence-corrected chi connectivity index (χ4v) is 4.65. The zero-order valence-electron chi connectivity index (χ0n) is 17.8. The SMILES string of the molecule is Cc1ccc(NC(=O)CN2CCN(Cc3ccccc3)CC2)cc1S(=O)(=O)N(C)C. The molecule has 0 aliphatic carbocycles. The number of hydrogen-bond donors (Lipinski definition) is 1. The monoisotopic (exact) mass is 430 g/mol. The predicted molar refractivity (Wildman–Crippen MR) is 119 cm³/mol. The summed E-state index contributed by atoms with van der Waals surface area (Å²) in [5, 5.41) is 2.84. The molecular weight excluding hydrogens is 400 g/mol. The van der Waals surface area contributed by atoms with Gasteiger partial charge in [-0.3, -0.25) is 14.6 Å². The molecule has 1 saturated heterocycles. The van der Waals surface area contributed by atoms with E-state index in [0.29, 0.717) is 17.8 Å². The van der Waals surface area contributed by atoms with Crippen LogP contribution in [0.25, 0.3) is 0 Å². The van der Waals surface area contributed by atoms with Crippen molar-refractivity contribution in [2.45, 2.75) is 18.4 Å². The van der Waals surface area contributed by atoms with Crippen molar-refractivity contribution in [3.8, 4) is 0 Å². The molecule has 1 aliphatic heterocycles. The highest BCUT2D eigenvalue weighted by atomic mass is 32.2. The molecule has 1 aliphatic rings. The van der Waals surface area contributed by atoms with Crippen LogP contribution >= 0.6 is 0 Å². The van der Waals surface area contributed by atoms with Crippen molar-refractivity contribution in [3.63, 3.8) is 0 Å². The molecule has 0 unspecified atom stereocenters. The summed E-state index contributed by atoms with van der Waals surface area (Å²) in [7, 11) is -0.564. The molecule has 1 amide bonds. The summed E-state index contributed by atoms with van der Waals surface area (Å²) in [6.07, 6.45) is 0. The highest BCUT2D eigenvalue weighted by Gasteiger charge is 2.22. The first-order valence-electron chi connectivity index (χ1n) is 10.1. The van der Waals surface area contributed by atoms with E-state index in [-0.39, 0.29) is 10.8 Å². The van der Waals surface area contributed by atoms with Crippen molar-refractivity contribution in [2.24, 2.45) is 0 Å². The van der Waals surface area contributed by atoms with Gasteiger partial charge < -0.3 is 5.32 Å². The maximum Gasteiger partial charge on any atom is 0.242 e. The molecule has 0 spiro atoms. The van der Waals surface area contributed by atoms with E-state index in [4.69, 9.17) is 0 Å². The number of benzene rings is 2. The number of aryl methyl sites for hydroxylation is 1. The summed E-state index contributed by atoms with van der Waals surface area (Å²) in [5.41, 5.74) is 2.44. The minimum Gasteiger partial charge on any atom is -0.325 e. The van der Waals surface area contributed by atoms with Gasteiger partial charge in [0.05, 0.1) is 11.4 Å². The number of nitrogens with zero attached hydrogens (tertiary/aromatic N) is 3. The molecule has 8 heteroatoms. The van der Waals surface area contributed by atoms with Crippen molar-refractivity contribution >= 4 is 21.6 Å². The number of piperazine rings is 1. The molecule has 3 rings (SSSR count). The maximum atomic E-state index is 12.5. The molecule has 1 fully saturated rings. The van der Waals surface area contributed by atoms with Gasteiger partial charge in [-0.15, -0.1) is 0 Å². The molecule has 0 atom stereocenters. The lowest BCUT2D eigenvalue weighted by Crippen LogP contribution is -2.48. The van der Waals surface area contributed by atoms with Crippen LogP contribution in [0.4, 0.5) is 5.69 Å². The Hall–Kier alpha value is -2.26. The second kappa shape index (κ2) is 9.70. The highest BCUT2D eigenvalue weighted by Crippen LogP contribution is 2.22. The van der Waals surface area contributed by atoms with Gasteiger partial charge in [-0.25, -0.2) is 12.7 Å². The van der Waals surface area contributed by atoms with Crippen LogP contribution in [0.5, 0.6) is 0 Å². The van der Waals surface area contributed by atoms with Gasteiger partial charge in [0.25, 0.3) is 0 Å². The van der Waals surface area contributed by atoms with E-state index < -0.39 is 10.0 Å². The van der Waals surface area contributed by atoms with E-state index >= 15 is 0 Å². The summed E-state index contributed by atoms with van der Waals surface area (Å²) in [6.45, 7) is 6.45. The van der Waals surface area contributed by atoms with Gasteiger partial charge in [0.1, 0.15) is 0 Å². The Kier molecular flexibility index (Phi) is 7.25. The largest absolute Gasteiger partial charge is 0.325 e. The molecule has 1 heterocycles. The Bertz CT molecular complexity index is 969. The first kappa shape index (κ1) is 22.4. The van der Waals surface area contributed by atoms with Crippen molar-refractivity contribution in [1.82, 2.24) is 14.1 Å². The Balaban J connectivity index is 1.53. The van der Waals surface area contributed by atoms with Crippen LogP contribution in [0.3, 0.4) is 0 Å². The fourth-order valence-electron chi connectivity index (χ4n) is 3.50. The lowest BCUT2D eigenvalue weighted by Gasteiger charge is -2.34. The first-order valence-corrected chi connectivity index (χ1v) is 11.5. The van der Waals surface area contributed by atoms with Crippen LogP contribution in [0.15, 0.2) is 53.4 Å². The Morgan fingerprint density at radius 3 is 2.27 bits per heavy atom. The summed E-state index contributed by atoms with van der Waals surface area (Å²) in [4.78, 5) is 17.2. The lowest BCUT2D eigenvalue weighted by molar-refractivity contribution is -0.117. The second-order valence-corrected chi connectivity index (χ2v) is 9.97. The van der Waals surface area contributed by atoms with Crippen LogP contribution in [0.2, 0.25) is 0 Å². The Morgan fingerprint density at radius 1 is 1.00 bits per heavy atom. The lowest BCUT2D eigenvalue weighted by atomic mass is 10.2. The van der Waals surface area contributed by atoms with Crippen LogP contribution in [0, 0.1) is 6.92 Å². The normalized spacial score (nSPS) is 16.0. The number of sulfonamides is 1. The molecule has 0 bridgehead atoms. The number of anilines is 1. The fraction of sp³-hybridized carbons (Fsp3) is 0.409. The summed E-state index contributed by atoms with van der Waals surface area (Å²) in [5.74, 6) is -0.136. The van der Waals surface area contributed by atoms with E-state index in [0.717, 1.165) is 32.7 Å². The Morgan fingerprint density at radius 2 is 1.63 bits per heavy atom. The highest BCUT2D eigenvalue weighted by molar-refractivity contribution is 7.89. The van der Waals surface area contributed by atoms with Crippen LogP contribution in [-0.4, -0.2) is 75.2 Å². The summed E-state index contributed by atoms with van der Waals surface area (Å²) >= 11 is 0. The zero-order chi connectivity index (χ0) is 21.7. The molecular formula is C22H30N4O3S. The van der Waals surface area contributed by atoms with E-state index in [1.54, 1.807) is 19.1 Å². The van der Waals surface area contributed by atoms with Crippen LogP contribution < -0.4 is 5.32 Å². The third kappa shape index (κ3) is 5.66. The van der Waals surface area contributed by atoms with Crippen LogP contribution in [-0.2, 0) is 21.4 Å². The van der Waals surface area contributed by atoms with Crippen LogP contribution in [0.1, 0.15) is 11.1 Å². The van der Waals surface area contributed by atoms with E-state index in [1.165, 1.54) is 30.0 Å². The van der Waals surface area contributed by atoms with E-state index in [2.05, 4.69) is 39.4 Å². The molecule has 7 nitrogen and oxygen atoms in total. The van der Waals surface area contributed by atoms with Gasteiger partial charge in [0.2, 0.25) is 15.9 Å². The molecule has 2 aromatic rings. The average molecular weight is 431 g/mol. The Labute approximate surface area is 179 Å². The number of amides is 1. The third-order valence-corrected chi connectivity index (χ3v) is 7.27. The van der Waals surface area contributed by atoms with E-state index in [1.807, 2.05) is 6.07 Å². The summed E-state index contributed by atoms with van der Waals surface area (Å²) in [6, 6.07) is 15.4. The smallest absolute Gasteiger partial charge is 0.242 e.